The molecule has 2 aromatic rings. The van der Waals surface area contributed by atoms with Crippen LogP contribution in [0, 0.1) is 6.92 Å². The minimum atomic E-state index is -0.339. The summed E-state index contributed by atoms with van der Waals surface area (Å²) in [6, 6.07) is 8.55. The summed E-state index contributed by atoms with van der Waals surface area (Å²) in [5.74, 6) is 0.0524. The number of benzene rings is 1. The number of morpholine rings is 1. The molecule has 1 aliphatic rings. The van der Waals surface area contributed by atoms with Gasteiger partial charge in [-0.25, -0.2) is 0 Å². The summed E-state index contributed by atoms with van der Waals surface area (Å²) in [7, 11) is 3.56. The van der Waals surface area contributed by atoms with Crippen LogP contribution in [0.2, 0.25) is 0 Å². The molecule has 0 bridgehead atoms. The van der Waals surface area contributed by atoms with E-state index in [1.165, 1.54) is 20.5 Å². The lowest BCUT2D eigenvalue weighted by Crippen LogP contribution is -2.49. The van der Waals surface area contributed by atoms with Gasteiger partial charge in [0, 0.05) is 43.3 Å². The third kappa shape index (κ3) is 3.02. The lowest BCUT2D eigenvalue weighted by molar-refractivity contribution is -0.147. The summed E-state index contributed by atoms with van der Waals surface area (Å²) < 4.78 is 6.98. The van der Waals surface area contributed by atoms with E-state index in [1.54, 1.807) is 19.0 Å². The van der Waals surface area contributed by atoms with E-state index in [-0.39, 0.29) is 12.0 Å². The fraction of sp³-hybridized carbons (Fsp3) is 0.471. The minimum Gasteiger partial charge on any atom is -0.366 e. The highest BCUT2D eigenvalue weighted by atomic mass is 32.1. The van der Waals surface area contributed by atoms with E-state index in [0.717, 1.165) is 13.1 Å². The van der Waals surface area contributed by atoms with Gasteiger partial charge < -0.3 is 9.64 Å². The molecule has 1 aromatic carbocycles. The molecule has 118 valence electrons. The number of likely N-dealkylation sites (N-methyl/N-ethyl adjacent to an activating group) is 1. The van der Waals surface area contributed by atoms with Gasteiger partial charge in [-0.1, -0.05) is 18.2 Å². The summed E-state index contributed by atoms with van der Waals surface area (Å²) in [5, 5.41) is 1.34. The van der Waals surface area contributed by atoms with Gasteiger partial charge in [-0.05, 0) is 23.9 Å². The Morgan fingerprint density at radius 1 is 1.41 bits per heavy atom. The molecule has 1 fully saturated rings. The predicted molar refractivity (Wildman–Crippen MR) is 90.3 cm³/mol. The Bertz CT molecular complexity index is 680. The number of fused-ring (bicyclic) bond motifs is 1. The summed E-state index contributed by atoms with van der Waals surface area (Å²) in [6.45, 7) is 5.23. The second kappa shape index (κ2) is 6.36. The van der Waals surface area contributed by atoms with Crippen molar-refractivity contribution in [2.45, 2.75) is 19.6 Å². The fourth-order valence-corrected chi connectivity index (χ4v) is 4.00. The molecule has 0 spiro atoms. The standard InChI is InChI=1S/C17H22N2O2S/c1-12-14(13-6-4-5-7-16(13)22-12)10-19-8-9-21-15(11-19)17(20)18(2)3/h4-7,15H,8-11H2,1-3H3/t15-/m0/s1. The van der Waals surface area contributed by atoms with Crippen molar-refractivity contribution in [1.29, 1.82) is 0 Å². The van der Waals surface area contributed by atoms with Crippen LogP contribution in [0.1, 0.15) is 10.4 Å². The van der Waals surface area contributed by atoms with Crippen LogP contribution >= 0.6 is 11.3 Å². The van der Waals surface area contributed by atoms with E-state index in [4.69, 9.17) is 4.74 Å². The third-order valence-electron chi connectivity index (χ3n) is 4.15. The Morgan fingerprint density at radius 2 is 2.18 bits per heavy atom. The van der Waals surface area contributed by atoms with Gasteiger partial charge in [-0.15, -0.1) is 11.3 Å². The largest absolute Gasteiger partial charge is 0.366 e. The maximum absolute atomic E-state index is 12.1. The molecular formula is C17H22N2O2S. The molecule has 1 amide bonds. The van der Waals surface area contributed by atoms with Crippen LogP contribution in [-0.4, -0.2) is 55.6 Å². The third-order valence-corrected chi connectivity index (χ3v) is 5.28. The Morgan fingerprint density at radius 3 is 2.95 bits per heavy atom. The molecule has 0 aliphatic carbocycles. The second-order valence-electron chi connectivity index (χ2n) is 5.96. The number of ether oxygens (including phenoxy) is 1. The molecular weight excluding hydrogens is 296 g/mol. The Balaban J connectivity index is 1.77. The minimum absolute atomic E-state index is 0.0524. The number of nitrogens with zero attached hydrogens (tertiary/aromatic N) is 2. The first-order valence-electron chi connectivity index (χ1n) is 7.58. The second-order valence-corrected chi connectivity index (χ2v) is 7.22. The highest BCUT2D eigenvalue weighted by molar-refractivity contribution is 7.19. The maximum atomic E-state index is 12.1. The zero-order valence-electron chi connectivity index (χ0n) is 13.3. The van der Waals surface area contributed by atoms with E-state index in [1.807, 2.05) is 11.3 Å². The van der Waals surface area contributed by atoms with Gasteiger partial charge in [0.2, 0.25) is 0 Å². The van der Waals surface area contributed by atoms with Crippen LogP contribution in [-0.2, 0) is 16.1 Å². The van der Waals surface area contributed by atoms with Crippen molar-refractivity contribution in [3.63, 3.8) is 0 Å². The number of carbonyl (C=O) groups excluding carboxylic acids is 1. The van der Waals surface area contributed by atoms with Crippen molar-refractivity contribution in [2.75, 3.05) is 33.8 Å². The molecule has 1 aromatic heterocycles. The summed E-state index contributed by atoms with van der Waals surface area (Å²) in [6.07, 6.45) is -0.339. The van der Waals surface area contributed by atoms with Crippen molar-refractivity contribution in [3.8, 4) is 0 Å². The van der Waals surface area contributed by atoms with Gasteiger partial charge in [0.15, 0.2) is 0 Å². The van der Waals surface area contributed by atoms with Gasteiger partial charge in [0.05, 0.1) is 6.61 Å². The van der Waals surface area contributed by atoms with E-state index in [2.05, 4.69) is 36.1 Å². The molecule has 3 rings (SSSR count). The molecule has 2 heterocycles. The molecule has 0 unspecified atom stereocenters. The summed E-state index contributed by atoms with van der Waals surface area (Å²) in [5.41, 5.74) is 1.39. The summed E-state index contributed by atoms with van der Waals surface area (Å²) >= 11 is 1.85. The zero-order valence-corrected chi connectivity index (χ0v) is 14.2. The molecule has 4 nitrogen and oxygen atoms in total. The first kappa shape index (κ1) is 15.5. The van der Waals surface area contributed by atoms with Crippen LogP contribution in [0.5, 0.6) is 0 Å². The lowest BCUT2D eigenvalue weighted by Gasteiger charge is -2.33. The molecule has 0 saturated carbocycles. The van der Waals surface area contributed by atoms with E-state index >= 15 is 0 Å². The van der Waals surface area contributed by atoms with Crippen molar-refractivity contribution >= 4 is 27.3 Å². The molecule has 22 heavy (non-hydrogen) atoms. The Hall–Kier alpha value is -1.43. The van der Waals surface area contributed by atoms with Gasteiger partial charge in [0.1, 0.15) is 6.10 Å². The number of hydrogen-bond donors (Lipinski definition) is 0. The normalized spacial score (nSPS) is 19.5. The Kier molecular flexibility index (Phi) is 4.47. The number of carbonyl (C=O) groups is 1. The predicted octanol–water partition coefficient (Wildman–Crippen LogP) is 2.50. The van der Waals surface area contributed by atoms with Crippen LogP contribution in [0.4, 0.5) is 0 Å². The average molecular weight is 318 g/mol. The zero-order chi connectivity index (χ0) is 15.7. The van der Waals surface area contributed by atoms with Gasteiger partial charge >= 0.3 is 0 Å². The molecule has 5 heteroatoms. The molecule has 1 saturated heterocycles. The molecule has 1 atom stereocenters. The van der Waals surface area contributed by atoms with Gasteiger partial charge in [0.25, 0.3) is 5.91 Å². The van der Waals surface area contributed by atoms with Crippen LogP contribution in [0.3, 0.4) is 0 Å². The maximum Gasteiger partial charge on any atom is 0.252 e. The first-order valence-corrected chi connectivity index (χ1v) is 8.40. The number of aryl methyl sites for hydroxylation is 1. The number of rotatable bonds is 3. The first-order chi connectivity index (χ1) is 10.6. The average Bonchev–Trinajstić information content (AvgIpc) is 2.83. The number of amides is 1. The van der Waals surface area contributed by atoms with Crippen molar-refractivity contribution < 1.29 is 9.53 Å². The van der Waals surface area contributed by atoms with E-state index < -0.39 is 0 Å². The van der Waals surface area contributed by atoms with E-state index in [0.29, 0.717) is 13.2 Å². The molecule has 0 N–H and O–H groups in total. The summed E-state index contributed by atoms with van der Waals surface area (Å²) in [4.78, 5) is 17.4. The van der Waals surface area contributed by atoms with Crippen LogP contribution in [0.25, 0.3) is 10.1 Å². The van der Waals surface area contributed by atoms with Crippen LogP contribution in [0.15, 0.2) is 24.3 Å². The van der Waals surface area contributed by atoms with Crippen molar-refractivity contribution in [3.05, 3.63) is 34.7 Å². The van der Waals surface area contributed by atoms with Crippen molar-refractivity contribution in [1.82, 2.24) is 9.80 Å². The number of thiophene rings is 1. The topological polar surface area (TPSA) is 32.8 Å². The van der Waals surface area contributed by atoms with E-state index in [9.17, 15) is 4.79 Å². The van der Waals surface area contributed by atoms with Crippen molar-refractivity contribution in [2.24, 2.45) is 0 Å². The molecule has 0 radical (unpaired) electrons. The lowest BCUT2D eigenvalue weighted by atomic mass is 10.1. The van der Waals surface area contributed by atoms with Crippen LogP contribution < -0.4 is 0 Å². The SMILES string of the molecule is Cc1sc2ccccc2c1CN1CCO[C@H](C(=O)N(C)C)C1. The van der Waals surface area contributed by atoms with Gasteiger partial charge in [-0.3, -0.25) is 9.69 Å². The monoisotopic (exact) mass is 318 g/mol. The quantitative estimate of drug-likeness (QED) is 0.872. The Labute approximate surface area is 135 Å². The highest BCUT2D eigenvalue weighted by Crippen LogP contribution is 2.31. The molecule has 1 aliphatic heterocycles. The smallest absolute Gasteiger partial charge is 0.252 e. The number of hydrogen-bond acceptors (Lipinski definition) is 4. The fourth-order valence-electron chi connectivity index (χ4n) is 2.92. The highest BCUT2D eigenvalue weighted by Gasteiger charge is 2.28. The van der Waals surface area contributed by atoms with Gasteiger partial charge in [-0.2, -0.15) is 0 Å².